The maximum Gasteiger partial charge on any atom is 0.0991 e. The van der Waals surface area contributed by atoms with Crippen molar-refractivity contribution in [1.29, 1.82) is 0 Å². The minimum atomic E-state index is -0.476. The van der Waals surface area contributed by atoms with E-state index in [9.17, 15) is 5.11 Å². The molecule has 0 spiro atoms. The number of fused-ring (bicyclic) bond motifs is 1. The van der Waals surface area contributed by atoms with E-state index in [1.54, 1.807) is 6.20 Å². The van der Waals surface area contributed by atoms with Crippen molar-refractivity contribution in [3.05, 3.63) is 42.2 Å². The molecule has 2 rings (SSSR count). The van der Waals surface area contributed by atoms with Gasteiger partial charge in [0.2, 0.25) is 0 Å². The molecule has 84 valence electrons. The van der Waals surface area contributed by atoms with Gasteiger partial charge < -0.3 is 5.11 Å². The molecule has 0 aliphatic heterocycles. The molecule has 0 fully saturated rings. The van der Waals surface area contributed by atoms with Gasteiger partial charge in [-0.2, -0.15) is 0 Å². The molecule has 1 aromatic carbocycles. The third-order valence-electron chi connectivity index (χ3n) is 3.17. The Morgan fingerprint density at radius 2 is 2.00 bits per heavy atom. The first-order valence-electron chi connectivity index (χ1n) is 5.75. The van der Waals surface area contributed by atoms with E-state index in [4.69, 9.17) is 0 Å². The second kappa shape index (κ2) is 4.62. The Hall–Kier alpha value is -1.41. The molecule has 1 aromatic heterocycles. The molecule has 2 nitrogen and oxygen atoms in total. The number of aromatic nitrogens is 1. The summed E-state index contributed by atoms with van der Waals surface area (Å²) in [6, 6.07) is 10.0. The summed E-state index contributed by atoms with van der Waals surface area (Å²) < 4.78 is 0. The Morgan fingerprint density at radius 3 is 2.75 bits per heavy atom. The van der Waals surface area contributed by atoms with Gasteiger partial charge in [-0.3, -0.25) is 4.98 Å². The van der Waals surface area contributed by atoms with Crippen molar-refractivity contribution in [1.82, 2.24) is 4.98 Å². The Kier molecular flexibility index (Phi) is 3.20. The van der Waals surface area contributed by atoms with Crippen LogP contribution in [0.1, 0.15) is 32.1 Å². The Morgan fingerprint density at radius 1 is 1.25 bits per heavy atom. The van der Waals surface area contributed by atoms with Crippen LogP contribution in [0.4, 0.5) is 0 Å². The standard InChI is InChI=1S/C14H17NO/c1-3-10(2)14(16)13-12-7-5-4-6-11(12)8-9-15-13/h4-10,14,16H,3H2,1-2H3. The largest absolute Gasteiger partial charge is 0.387 e. The van der Waals surface area contributed by atoms with Crippen LogP contribution in [0, 0.1) is 5.92 Å². The summed E-state index contributed by atoms with van der Waals surface area (Å²) in [5, 5.41) is 12.4. The predicted molar refractivity (Wildman–Crippen MR) is 66.2 cm³/mol. The second-order valence-corrected chi connectivity index (χ2v) is 4.25. The summed E-state index contributed by atoms with van der Waals surface area (Å²) in [5.41, 5.74) is 0.799. The third-order valence-corrected chi connectivity index (χ3v) is 3.17. The quantitative estimate of drug-likeness (QED) is 0.852. The van der Waals surface area contributed by atoms with Crippen LogP contribution in [0.2, 0.25) is 0 Å². The number of aliphatic hydroxyl groups excluding tert-OH is 1. The number of rotatable bonds is 3. The third kappa shape index (κ3) is 1.93. The molecule has 0 aliphatic rings. The lowest BCUT2D eigenvalue weighted by atomic mass is 9.96. The van der Waals surface area contributed by atoms with Crippen LogP contribution < -0.4 is 0 Å². The fraction of sp³-hybridized carbons (Fsp3) is 0.357. The zero-order valence-corrected chi connectivity index (χ0v) is 9.72. The summed E-state index contributed by atoms with van der Waals surface area (Å²) in [5.74, 6) is 0.235. The number of aliphatic hydroxyl groups is 1. The zero-order valence-electron chi connectivity index (χ0n) is 9.72. The first-order valence-corrected chi connectivity index (χ1v) is 5.75. The smallest absolute Gasteiger partial charge is 0.0991 e. The van der Waals surface area contributed by atoms with E-state index in [1.165, 1.54) is 0 Å². The predicted octanol–water partition coefficient (Wildman–Crippen LogP) is 3.31. The summed E-state index contributed by atoms with van der Waals surface area (Å²) in [4.78, 5) is 4.33. The van der Waals surface area contributed by atoms with Gasteiger partial charge in [0.1, 0.15) is 0 Å². The van der Waals surface area contributed by atoms with Crippen LogP contribution in [0.25, 0.3) is 10.8 Å². The molecule has 2 unspecified atom stereocenters. The number of benzene rings is 1. The Balaban J connectivity index is 2.52. The highest BCUT2D eigenvalue weighted by atomic mass is 16.3. The highest BCUT2D eigenvalue weighted by molar-refractivity contribution is 5.84. The maximum atomic E-state index is 10.2. The number of hydrogen-bond acceptors (Lipinski definition) is 2. The molecule has 1 N–H and O–H groups in total. The molecule has 0 amide bonds. The molecule has 2 atom stereocenters. The van der Waals surface area contributed by atoms with Crippen LogP contribution >= 0.6 is 0 Å². The second-order valence-electron chi connectivity index (χ2n) is 4.25. The van der Waals surface area contributed by atoms with Gasteiger partial charge in [0, 0.05) is 11.6 Å². The molecule has 0 aliphatic carbocycles. The zero-order chi connectivity index (χ0) is 11.5. The molecular formula is C14H17NO. The van der Waals surface area contributed by atoms with Gasteiger partial charge in [0.15, 0.2) is 0 Å². The van der Waals surface area contributed by atoms with Gasteiger partial charge >= 0.3 is 0 Å². The monoisotopic (exact) mass is 215 g/mol. The topological polar surface area (TPSA) is 33.1 Å². The van der Waals surface area contributed by atoms with Crippen molar-refractivity contribution in [2.45, 2.75) is 26.4 Å². The summed E-state index contributed by atoms with van der Waals surface area (Å²) >= 11 is 0. The fourth-order valence-corrected chi connectivity index (χ4v) is 1.87. The van der Waals surface area contributed by atoms with Gasteiger partial charge in [-0.05, 0) is 17.4 Å². The van der Waals surface area contributed by atoms with E-state index < -0.39 is 6.10 Å². The summed E-state index contributed by atoms with van der Waals surface area (Å²) in [6.07, 6.45) is 2.24. The Labute approximate surface area is 96.0 Å². The van der Waals surface area contributed by atoms with E-state index in [-0.39, 0.29) is 5.92 Å². The molecule has 2 heteroatoms. The normalized spacial score (nSPS) is 14.9. The van der Waals surface area contributed by atoms with Crippen LogP contribution in [0.3, 0.4) is 0 Å². The van der Waals surface area contributed by atoms with Gasteiger partial charge in [-0.15, -0.1) is 0 Å². The van der Waals surface area contributed by atoms with Crippen LogP contribution in [0.5, 0.6) is 0 Å². The Bertz CT molecular complexity index is 476. The van der Waals surface area contributed by atoms with E-state index >= 15 is 0 Å². The van der Waals surface area contributed by atoms with Crippen LogP contribution in [-0.4, -0.2) is 10.1 Å². The molecule has 16 heavy (non-hydrogen) atoms. The average Bonchev–Trinajstić information content (AvgIpc) is 2.36. The number of hydrogen-bond donors (Lipinski definition) is 1. The van der Waals surface area contributed by atoms with Gasteiger partial charge in [0.05, 0.1) is 11.8 Å². The lowest BCUT2D eigenvalue weighted by molar-refractivity contribution is 0.113. The van der Waals surface area contributed by atoms with Crippen molar-refractivity contribution in [2.75, 3.05) is 0 Å². The summed E-state index contributed by atoms with van der Waals surface area (Å²) in [6.45, 7) is 4.13. The van der Waals surface area contributed by atoms with E-state index in [2.05, 4.69) is 11.9 Å². The molecule has 0 saturated heterocycles. The highest BCUT2D eigenvalue weighted by Crippen LogP contribution is 2.28. The number of nitrogens with zero attached hydrogens (tertiary/aromatic N) is 1. The van der Waals surface area contributed by atoms with Gasteiger partial charge in [-0.25, -0.2) is 0 Å². The first kappa shape index (κ1) is 11.1. The SMILES string of the molecule is CCC(C)C(O)c1nccc2ccccc12. The lowest BCUT2D eigenvalue weighted by Gasteiger charge is -2.18. The van der Waals surface area contributed by atoms with Gasteiger partial charge in [-0.1, -0.05) is 44.5 Å². The first-order chi connectivity index (χ1) is 7.74. The molecule has 0 saturated carbocycles. The van der Waals surface area contributed by atoms with E-state index in [0.717, 1.165) is 22.9 Å². The fourth-order valence-electron chi connectivity index (χ4n) is 1.87. The molecule has 0 bridgehead atoms. The minimum Gasteiger partial charge on any atom is -0.387 e. The van der Waals surface area contributed by atoms with E-state index in [0.29, 0.717) is 0 Å². The maximum absolute atomic E-state index is 10.2. The molecule has 1 heterocycles. The van der Waals surface area contributed by atoms with Crippen LogP contribution in [-0.2, 0) is 0 Å². The lowest BCUT2D eigenvalue weighted by Crippen LogP contribution is -2.10. The number of pyridine rings is 1. The van der Waals surface area contributed by atoms with Crippen molar-refractivity contribution < 1.29 is 5.11 Å². The molecular weight excluding hydrogens is 198 g/mol. The van der Waals surface area contributed by atoms with Crippen molar-refractivity contribution in [3.63, 3.8) is 0 Å². The van der Waals surface area contributed by atoms with Crippen molar-refractivity contribution >= 4 is 10.8 Å². The van der Waals surface area contributed by atoms with Gasteiger partial charge in [0.25, 0.3) is 0 Å². The molecule has 0 radical (unpaired) electrons. The highest BCUT2D eigenvalue weighted by Gasteiger charge is 2.17. The average molecular weight is 215 g/mol. The molecule has 2 aromatic rings. The van der Waals surface area contributed by atoms with Crippen molar-refractivity contribution in [3.8, 4) is 0 Å². The minimum absolute atomic E-state index is 0.235. The van der Waals surface area contributed by atoms with Crippen molar-refractivity contribution in [2.24, 2.45) is 5.92 Å². The summed E-state index contributed by atoms with van der Waals surface area (Å²) in [7, 11) is 0. The van der Waals surface area contributed by atoms with E-state index in [1.807, 2.05) is 37.3 Å². The van der Waals surface area contributed by atoms with Crippen LogP contribution in [0.15, 0.2) is 36.5 Å².